The summed E-state index contributed by atoms with van der Waals surface area (Å²) in [5, 5.41) is 2.28. The van der Waals surface area contributed by atoms with Crippen molar-refractivity contribution in [2.75, 3.05) is 5.75 Å². The first-order valence-electron chi connectivity index (χ1n) is 11.4. The third-order valence-electron chi connectivity index (χ3n) is 6.02. The fourth-order valence-corrected chi connectivity index (χ4v) is 5.05. The van der Waals surface area contributed by atoms with Gasteiger partial charge in [-0.05, 0) is 41.5 Å². The Kier molecular flexibility index (Phi) is 6.93. The van der Waals surface area contributed by atoms with Gasteiger partial charge in [-0.15, -0.1) is 0 Å². The number of aromatic nitrogens is 2. The molecule has 0 unspecified atom stereocenters. The molecule has 1 aliphatic heterocycles. The van der Waals surface area contributed by atoms with Gasteiger partial charge < -0.3 is 9.88 Å². The van der Waals surface area contributed by atoms with Gasteiger partial charge >= 0.3 is 12.4 Å². The molecule has 6 nitrogen and oxygen atoms in total. The molecule has 0 amide bonds. The standard InChI is InChI=1S/C25H22F6N4O2S/c1-4-21-33-20(25(29,30)31)13-18-23(34-21)35(3)22(32-18)17-11-8-15(12-19(17)38(36,37)5-2)14-6-9-16(10-7-14)24(26,27)28/h6-13H,4-5H2,1-3H3,(H,33,34). The van der Waals surface area contributed by atoms with Crippen LogP contribution < -0.4 is 5.32 Å². The van der Waals surface area contributed by atoms with Crippen molar-refractivity contribution in [1.82, 2.24) is 14.9 Å². The van der Waals surface area contributed by atoms with Crippen LogP contribution in [0.5, 0.6) is 0 Å². The zero-order valence-corrected chi connectivity index (χ0v) is 21.2. The largest absolute Gasteiger partial charge is 0.431 e. The molecular weight excluding hydrogens is 534 g/mol. The minimum atomic E-state index is -4.70. The first-order chi connectivity index (χ1) is 17.7. The van der Waals surface area contributed by atoms with Gasteiger partial charge in [0.15, 0.2) is 15.7 Å². The van der Waals surface area contributed by atoms with Crippen LogP contribution in [0.25, 0.3) is 28.6 Å². The van der Waals surface area contributed by atoms with Crippen LogP contribution in [-0.2, 0) is 23.1 Å². The summed E-state index contributed by atoms with van der Waals surface area (Å²) in [4.78, 5) is 8.44. The lowest BCUT2D eigenvalue weighted by Gasteiger charge is -2.14. The molecule has 0 saturated carbocycles. The van der Waals surface area contributed by atoms with Gasteiger partial charge in [0.1, 0.15) is 23.1 Å². The molecule has 0 fully saturated rings. The quantitative estimate of drug-likeness (QED) is 0.364. The van der Waals surface area contributed by atoms with E-state index in [1.807, 2.05) is 0 Å². The molecule has 202 valence electrons. The van der Waals surface area contributed by atoms with Crippen LogP contribution in [0.2, 0.25) is 0 Å². The summed E-state index contributed by atoms with van der Waals surface area (Å²) in [7, 11) is -2.38. The predicted octanol–water partition coefficient (Wildman–Crippen LogP) is 6.51. The molecule has 4 rings (SSSR count). The molecule has 3 aromatic rings. The van der Waals surface area contributed by atoms with E-state index in [1.54, 1.807) is 6.92 Å². The van der Waals surface area contributed by atoms with Crippen molar-refractivity contribution in [3.63, 3.8) is 0 Å². The maximum atomic E-state index is 13.6. The monoisotopic (exact) mass is 556 g/mol. The molecular formula is C25H22F6N4O2S. The number of alkyl halides is 6. The number of sulfone groups is 1. The van der Waals surface area contributed by atoms with Crippen molar-refractivity contribution >= 4 is 27.6 Å². The number of allylic oxidation sites excluding steroid dienone is 1. The Labute approximate surface area is 214 Å². The SMILES string of the molecule is CCC1=Nc2c(nc(-c3ccc(-c4ccc(C(F)(F)F)cc4)cc3S(=O)(=O)CC)n2C)C=C(C(F)(F)F)N1. The number of imidazole rings is 1. The van der Waals surface area contributed by atoms with Crippen LogP contribution in [0.4, 0.5) is 32.2 Å². The number of nitrogens with zero attached hydrogens (tertiary/aromatic N) is 3. The average Bonchev–Trinajstić information content (AvgIpc) is 3.03. The summed E-state index contributed by atoms with van der Waals surface area (Å²) >= 11 is 0. The first-order valence-corrected chi connectivity index (χ1v) is 13.1. The molecule has 1 N–H and O–H groups in total. The Morgan fingerprint density at radius 1 is 0.921 bits per heavy atom. The zero-order chi connectivity index (χ0) is 28.0. The Morgan fingerprint density at radius 2 is 1.55 bits per heavy atom. The lowest BCUT2D eigenvalue weighted by Crippen LogP contribution is -2.30. The second-order valence-corrected chi connectivity index (χ2v) is 10.7. The van der Waals surface area contributed by atoms with Crippen LogP contribution in [-0.4, -0.2) is 35.7 Å². The number of aliphatic imine (C=N–C) groups is 1. The van der Waals surface area contributed by atoms with Gasteiger partial charge in [0.2, 0.25) is 0 Å². The normalized spacial score (nSPS) is 14.3. The van der Waals surface area contributed by atoms with Crippen molar-refractivity contribution in [2.45, 2.75) is 37.5 Å². The number of hydrogen-bond donors (Lipinski definition) is 1. The number of fused-ring (bicyclic) bond motifs is 1. The van der Waals surface area contributed by atoms with E-state index in [0.717, 1.165) is 18.2 Å². The van der Waals surface area contributed by atoms with Gasteiger partial charge in [0.25, 0.3) is 0 Å². The average molecular weight is 557 g/mol. The minimum Gasteiger partial charge on any atom is -0.340 e. The smallest absolute Gasteiger partial charge is 0.340 e. The number of amidine groups is 1. The fraction of sp³-hybridized carbons (Fsp3) is 0.280. The number of hydrogen-bond acceptors (Lipinski definition) is 5. The molecule has 0 saturated heterocycles. The third kappa shape index (κ3) is 5.19. The summed E-state index contributed by atoms with van der Waals surface area (Å²) < 4.78 is 107. The Hall–Kier alpha value is -3.61. The van der Waals surface area contributed by atoms with Crippen molar-refractivity contribution in [2.24, 2.45) is 12.0 Å². The maximum Gasteiger partial charge on any atom is 0.431 e. The van der Waals surface area contributed by atoms with E-state index >= 15 is 0 Å². The molecule has 0 atom stereocenters. The summed E-state index contributed by atoms with van der Waals surface area (Å²) in [6, 6.07) is 8.56. The number of benzene rings is 2. The van der Waals surface area contributed by atoms with Crippen molar-refractivity contribution < 1.29 is 34.8 Å². The third-order valence-corrected chi connectivity index (χ3v) is 7.78. The number of nitrogens with one attached hydrogen (secondary N) is 1. The number of rotatable bonds is 5. The zero-order valence-electron chi connectivity index (χ0n) is 20.4. The van der Waals surface area contributed by atoms with Crippen LogP contribution in [0, 0.1) is 0 Å². The Bertz CT molecular complexity index is 1550. The predicted molar refractivity (Wildman–Crippen MR) is 131 cm³/mol. The molecule has 0 aliphatic carbocycles. The molecule has 0 radical (unpaired) electrons. The first kappa shape index (κ1) is 27.4. The van der Waals surface area contributed by atoms with Crippen LogP contribution in [0.1, 0.15) is 31.5 Å². The summed E-state index contributed by atoms with van der Waals surface area (Å²) in [6.45, 7) is 3.06. The van der Waals surface area contributed by atoms with E-state index in [9.17, 15) is 34.8 Å². The van der Waals surface area contributed by atoms with Gasteiger partial charge in [0, 0.05) is 19.0 Å². The Morgan fingerprint density at radius 3 is 2.11 bits per heavy atom. The lowest BCUT2D eigenvalue weighted by atomic mass is 10.0. The van der Waals surface area contributed by atoms with Crippen molar-refractivity contribution in [3.8, 4) is 22.5 Å². The minimum absolute atomic E-state index is 0.0564. The van der Waals surface area contributed by atoms with Crippen molar-refractivity contribution in [3.05, 3.63) is 59.4 Å². The molecule has 0 spiro atoms. The second-order valence-electron chi connectivity index (χ2n) is 8.49. The summed E-state index contributed by atoms with van der Waals surface area (Å²) in [5.74, 6) is -0.0584. The van der Waals surface area contributed by atoms with Gasteiger partial charge in [-0.1, -0.05) is 32.0 Å². The highest BCUT2D eigenvalue weighted by molar-refractivity contribution is 7.91. The highest BCUT2D eigenvalue weighted by atomic mass is 32.2. The van der Waals surface area contributed by atoms with Crippen molar-refractivity contribution in [1.29, 1.82) is 0 Å². The summed E-state index contributed by atoms with van der Waals surface area (Å²) in [5.41, 5.74) is -1.17. The van der Waals surface area contributed by atoms with Gasteiger partial charge in [-0.3, -0.25) is 0 Å². The molecule has 0 bridgehead atoms. The Balaban J connectivity index is 1.90. The van der Waals surface area contributed by atoms with E-state index in [4.69, 9.17) is 0 Å². The van der Waals surface area contributed by atoms with Crippen LogP contribution >= 0.6 is 0 Å². The summed E-state index contributed by atoms with van der Waals surface area (Å²) in [6.07, 6.45) is -8.24. The van der Waals surface area contributed by atoms with E-state index in [-0.39, 0.29) is 45.8 Å². The molecule has 2 aromatic carbocycles. The number of halogens is 6. The van der Waals surface area contributed by atoms with Crippen LogP contribution in [0.15, 0.2) is 58.0 Å². The van der Waals surface area contributed by atoms with E-state index in [0.29, 0.717) is 11.1 Å². The van der Waals surface area contributed by atoms with Gasteiger partial charge in [-0.25, -0.2) is 18.4 Å². The molecule has 1 aromatic heterocycles. The second kappa shape index (κ2) is 9.61. The fourth-order valence-electron chi connectivity index (χ4n) is 3.94. The molecule has 2 heterocycles. The maximum absolute atomic E-state index is 13.6. The van der Waals surface area contributed by atoms with Gasteiger partial charge in [-0.2, -0.15) is 26.3 Å². The highest BCUT2D eigenvalue weighted by Crippen LogP contribution is 2.38. The molecule has 1 aliphatic rings. The van der Waals surface area contributed by atoms with Gasteiger partial charge in [0.05, 0.1) is 16.2 Å². The van der Waals surface area contributed by atoms with E-state index < -0.39 is 33.5 Å². The molecule has 38 heavy (non-hydrogen) atoms. The topological polar surface area (TPSA) is 76.3 Å². The van der Waals surface area contributed by atoms with E-state index in [2.05, 4.69) is 15.3 Å². The van der Waals surface area contributed by atoms with E-state index in [1.165, 1.54) is 48.9 Å². The van der Waals surface area contributed by atoms with Crippen LogP contribution in [0.3, 0.4) is 0 Å². The lowest BCUT2D eigenvalue weighted by molar-refractivity contribution is -0.137. The highest BCUT2D eigenvalue weighted by Gasteiger charge is 2.36. The molecule has 13 heteroatoms.